The maximum absolute atomic E-state index is 10.9. The van der Waals surface area contributed by atoms with Crippen molar-refractivity contribution in [1.82, 2.24) is 9.97 Å². The lowest BCUT2D eigenvalue weighted by atomic mass is 10.2. The fraction of sp³-hybridized carbons (Fsp3) is 0.500. The molecule has 0 aliphatic carbocycles. The Morgan fingerprint density at radius 2 is 2.44 bits per heavy atom. The van der Waals surface area contributed by atoms with E-state index in [0.717, 1.165) is 12.2 Å². The van der Waals surface area contributed by atoms with E-state index in [4.69, 9.17) is 11.6 Å². The highest BCUT2D eigenvalue weighted by atomic mass is 35.5. The smallest absolute Gasteiger partial charge is 0.156 e. The van der Waals surface area contributed by atoms with Crippen molar-refractivity contribution in [2.75, 3.05) is 16.8 Å². The molecule has 1 aromatic rings. The van der Waals surface area contributed by atoms with Crippen LogP contribution in [0.5, 0.6) is 0 Å². The normalized spacial score (nSPS) is 20.4. The highest BCUT2D eigenvalue weighted by molar-refractivity contribution is 7.99. The van der Waals surface area contributed by atoms with Gasteiger partial charge in [-0.15, -0.1) is 0 Å². The number of aromatic nitrogens is 2. The van der Waals surface area contributed by atoms with Crippen LogP contribution in [0.4, 0.5) is 5.82 Å². The number of thioether (sulfide) groups is 1. The maximum Gasteiger partial charge on any atom is 0.156 e. The zero-order chi connectivity index (χ0) is 11.4. The van der Waals surface area contributed by atoms with Crippen LogP contribution in [0.2, 0.25) is 5.15 Å². The molecule has 0 amide bonds. The van der Waals surface area contributed by atoms with Crippen LogP contribution in [0.15, 0.2) is 6.33 Å². The number of rotatable bonds is 3. The van der Waals surface area contributed by atoms with Crippen molar-refractivity contribution in [2.24, 2.45) is 0 Å². The minimum absolute atomic E-state index is 0.205. The Balaban J connectivity index is 2.13. The van der Waals surface area contributed by atoms with Gasteiger partial charge < -0.3 is 5.32 Å². The number of carbonyl (C=O) groups is 1. The zero-order valence-corrected chi connectivity index (χ0v) is 10.2. The van der Waals surface area contributed by atoms with E-state index in [-0.39, 0.29) is 5.15 Å². The minimum atomic E-state index is 0.205. The summed E-state index contributed by atoms with van der Waals surface area (Å²) in [6, 6.07) is 0.364. The summed E-state index contributed by atoms with van der Waals surface area (Å²) in [7, 11) is 0. The Morgan fingerprint density at radius 3 is 3.12 bits per heavy atom. The molecule has 1 N–H and O–H groups in total. The molecule has 1 unspecified atom stereocenters. The summed E-state index contributed by atoms with van der Waals surface area (Å²) >= 11 is 7.73. The van der Waals surface area contributed by atoms with Crippen LogP contribution in [0.25, 0.3) is 0 Å². The third-order valence-electron chi connectivity index (χ3n) is 2.45. The number of halogens is 1. The van der Waals surface area contributed by atoms with E-state index in [0.29, 0.717) is 23.7 Å². The van der Waals surface area contributed by atoms with E-state index < -0.39 is 0 Å². The van der Waals surface area contributed by atoms with Crippen LogP contribution in [0.3, 0.4) is 0 Å². The quantitative estimate of drug-likeness (QED) is 0.665. The van der Waals surface area contributed by atoms with Gasteiger partial charge in [-0.3, -0.25) is 4.79 Å². The second-order valence-electron chi connectivity index (χ2n) is 3.60. The molecule has 0 bridgehead atoms. The summed E-state index contributed by atoms with van der Waals surface area (Å²) in [6.07, 6.45) is 4.36. The first kappa shape index (κ1) is 11.7. The molecule has 1 fully saturated rings. The SMILES string of the molecule is O=Cc1c(Cl)ncnc1NC1CCCSC1. The molecule has 4 nitrogen and oxygen atoms in total. The molecule has 0 saturated carbocycles. The standard InChI is InChI=1S/C10H12ClN3OS/c11-9-8(4-15)10(13-6-12-9)14-7-2-1-3-16-5-7/h4,6-7H,1-3,5H2,(H,12,13,14). The average Bonchev–Trinajstić information content (AvgIpc) is 2.31. The average molecular weight is 258 g/mol. The number of anilines is 1. The van der Waals surface area contributed by atoms with Crippen molar-refractivity contribution >= 4 is 35.5 Å². The second-order valence-corrected chi connectivity index (χ2v) is 5.11. The molecule has 2 heterocycles. The van der Waals surface area contributed by atoms with E-state index in [9.17, 15) is 4.79 Å². The maximum atomic E-state index is 10.9. The molecular formula is C10H12ClN3OS. The number of nitrogens with one attached hydrogen (secondary N) is 1. The van der Waals surface area contributed by atoms with Crippen LogP contribution in [0.1, 0.15) is 23.2 Å². The monoisotopic (exact) mass is 257 g/mol. The number of carbonyl (C=O) groups excluding carboxylic acids is 1. The molecule has 86 valence electrons. The van der Waals surface area contributed by atoms with E-state index in [1.807, 2.05) is 11.8 Å². The van der Waals surface area contributed by atoms with Crippen LogP contribution < -0.4 is 5.32 Å². The fourth-order valence-electron chi connectivity index (χ4n) is 1.64. The summed E-state index contributed by atoms with van der Waals surface area (Å²) in [5, 5.41) is 3.46. The largest absolute Gasteiger partial charge is 0.366 e. The fourth-order valence-corrected chi connectivity index (χ4v) is 2.89. The van der Waals surface area contributed by atoms with E-state index in [2.05, 4.69) is 15.3 Å². The molecule has 1 aliphatic heterocycles. The lowest BCUT2D eigenvalue weighted by Gasteiger charge is -2.23. The van der Waals surface area contributed by atoms with Crippen molar-refractivity contribution in [3.8, 4) is 0 Å². The van der Waals surface area contributed by atoms with Gasteiger partial charge in [0.25, 0.3) is 0 Å². The summed E-state index contributed by atoms with van der Waals surface area (Å²) in [6.45, 7) is 0. The third-order valence-corrected chi connectivity index (χ3v) is 3.97. The van der Waals surface area contributed by atoms with Crippen molar-refractivity contribution in [1.29, 1.82) is 0 Å². The van der Waals surface area contributed by atoms with Crippen LogP contribution >= 0.6 is 23.4 Å². The van der Waals surface area contributed by atoms with Crippen molar-refractivity contribution < 1.29 is 4.79 Å². The predicted octanol–water partition coefficient (Wildman–Crippen LogP) is 2.25. The van der Waals surface area contributed by atoms with Gasteiger partial charge in [0.05, 0.1) is 5.56 Å². The molecule has 1 aromatic heterocycles. The second kappa shape index (κ2) is 5.50. The number of hydrogen-bond donors (Lipinski definition) is 1. The molecule has 16 heavy (non-hydrogen) atoms. The van der Waals surface area contributed by atoms with Gasteiger partial charge in [0.1, 0.15) is 17.3 Å². The highest BCUT2D eigenvalue weighted by Crippen LogP contribution is 2.23. The van der Waals surface area contributed by atoms with Crippen LogP contribution in [-0.4, -0.2) is 33.8 Å². The Labute approximate surface area is 103 Å². The molecule has 1 aliphatic rings. The molecular weight excluding hydrogens is 246 g/mol. The number of nitrogens with zero attached hydrogens (tertiary/aromatic N) is 2. The van der Waals surface area contributed by atoms with Crippen LogP contribution in [-0.2, 0) is 0 Å². The Hall–Kier alpha value is -0.810. The number of hydrogen-bond acceptors (Lipinski definition) is 5. The van der Waals surface area contributed by atoms with Gasteiger partial charge in [0, 0.05) is 11.8 Å². The molecule has 1 saturated heterocycles. The topological polar surface area (TPSA) is 54.9 Å². The van der Waals surface area contributed by atoms with Gasteiger partial charge in [0.2, 0.25) is 0 Å². The summed E-state index contributed by atoms with van der Waals surface area (Å²) in [4.78, 5) is 18.7. The van der Waals surface area contributed by atoms with Gasteiger partial charge in [-0.2, -0.15) is 11.8 Å². The predicted molar refractivity (Wildman–Crippen MR) is 66.4 cm³/mol. The first-order chi connectivity index (χ1) is 7.81. The van der Waals surface area contributed by atoms with E-state index in [1.165, 1.54) is 18.5 Å². The summed E-state index contributed by atoms with van der Waals surface area (Å²) < 4.78 is 0. The molecule has 0 aromatic carbocycles. The summed E-state index contributed by atoms with van der Waals surface area (Å²) in [5.41, 5.74) is 0.347. The van der Waals surface area contributed by atoms with Crippen molar-refractivity contribution in [3.63, 3.8) is 0 Å². The lowest BCUT2D eigenvalue weighted by molar-refractivity contribution is 0.112. The van der Waals surface area contributed by atoms with Gasteiger partial charge >= 0.3 is 0 Å². The minimum Gasteiger partial charge on any atom is -0.366 e. The molecule has 1 atom stereocenters. The van der Waals surface area contributed by atoms with Gasteiger partial charge in [-0.05, 0) is 18.6 Å². The van der Waals surface area contributed by atoms with Crippen LogP contribution in [0, 0.1) is 0 Å². The Bertz CT molecular complexity index is 382. The van der Waals surface area contributed by atoms with E-state index >= 15 is 0 Å². The molecule has 0 radical (unpaired) electrons. The van der Waals surface area contributed by atoms with Crippen molar-refractivity contribution in [2.45, 2.75) is 18.9 Å². The Morgan fingerprint density at radius 1 is 1.56 bits per heavy atom. The van der Waals surface area contributed by atoms with Gasteiger partial charge in [-0.25, -0.2) is 9.97 Å². The lowest BCUT2D eigenvalue weighted by Crippen LogP contribution is -2.27. The molecule has 2 rings (SSSR count). The number of aldehydes is 1. The highest BCUT2D eigenvalue weighted by Gasteiger charge is 2.16. The van der Waals surface area contributed by atoms with Gasteiger partial charge in [0.15, 0.2) is 6.29 Å². The van der Waals surface area contributed by atoms with Crippen molar-refractivity contribution in [3.05, 3.63) is 17.0 Å². The van der Waals surface area contributed by atoms with Gasteiger partial charge in [-0.1, -0.05) is 11.6 Å². The zero-order valence-electron chi connectivity index (χ0n) is 8.65. The molecule has 0 spiro atoms. The first-order valence-electron chi connectivity index (χ1n) is 5.11. The van der Waals surface area contributed by atoms with E-state index in [1.54, 1.807) is 0 Å². The first-order valence-corrected chi connectivity index (χ1v) is 6.64. The Kier molecular flexibility index (Phi) is 4.01. The third kappa shape index (κ3) is 2.65. The summed E-state index contributed by atoms with van der Waals surface area (Å²) in [5.74, 6) is 2.80. The molecule has 6 heteroatoms.